The lowest BCUT2D eigenvalue weighted by Crippen LogP contribution is -2.57. The zero-order chi connectivity index (χ0) is 84.7. The molecule has 2 aromatic heterocycles. The van der Waals surface area contributed by atoms with E-state index in [1.54, 1.807) is 152 Å². The van der Waals surface area contributed by atoms with Crippen molar-refractivity contribution in [1.29, 1.82) is 0 Å². The van der Waals surface area contributed by atoms with Crippen LogP contribution in [0.2, 0.25) is 0 Å². The average Bonchev–Trinajstić information content (AvgIpc) is 1.61. The molecule has 121 heavy (non-hydrogen) atoms. The van der Waals surface area contributed by atoms with Gasteiger partial charge >= 0.3 is 34.1 Å². The largest absolute Gasteiger partial charge is 0.508 e. The number of phenols is 1. The number of carbonyl (C=O) groups is 4. The van der Waals surface area contributed by atoms with Crippen LogP contribution in [-0.4, -0.2) is 148 Å². The van der Waals surface area contributed by atoms with Crippen LogP contribution in [0.3, 0.4) is 0 Å². The molecule has 0 radical (unpaired) electrons. The van der Waals surface area contributed by atoms with Gasteiger partial charge in [0, 0.05) is 44.5 Å². The normalized spacial score (nSPS) is 14.7. The maximum Gasteiger partial charge on any atom is 0.370 e. The summed E-state index contributed by atoms with van der Waals surface area (Å²) in [6.07, 6.45) is -5.40. The van der Waals surface area contributed by atoms with Gasteiger partial charge in [0.1, 0.15) is 67.7 Å². The molecule has 0 spiro atoms. The molecule has 13 aromatic rings. The summed E-state index contributed by atoms with van der Waals surface area (Å²) in [5.41, 5.74) is -1.78. The third-order valence-electron chi connectivity index (χ3n) is 18.9. The van der Waals surface area contributed by atoms with E-state index < -0.39 is 106 Å². The Kier molecular flexibility index (Phi) is 28.8. The SMILES string of the molecule is O=C(c1ccccc1)c1ccc(O)cc1.O=C(c1ccccc1)c1ccc(OCC(O)Cn2c(=O)n(CC(O)COc3ccc(C(=O)c4ccccc4)cc3)c(=O)n(CC(O)COc3ccc(C(=O)c4ccccc4)cc3)c2=O)cc1.O=c1n(CC2CO2)c(=O)n(OC2CO2)c(=O)n1CC1CO1.c1ccc(P(c2ccccc2)c2ccccc2)cc1. The fraction of sp³-hybridized carbons (Fsp3) is 0.183. The van der Waals surface area contributed by atoms with E-state index in [9.17, 15) is 63.3 Å². The molecule has 616 valence electrons. The Morgan fingerprint density at radius 2 is 0.545 bits per heavy atom. The number of hydrogen-bond donors (Lipinski definition) is 4. The molecule has 6 atom stereocenters. The zero-order valence-electron chi connectivity index (χ0n) is 65.0. The van der Waals surface area contributed by atoms with Crippen LogP contribution in [0.4, 0.5) is 0 Å². The number of epoxide rings is 3. The van der Waals surface area contributed by atoms with Gasteiger partial charge in [0.05, 0.1) is 58.1 Å². The van der Waals surface area contributed by atoms with Gasteiger partial charge in [-0.25, -0.2) is 51.6 Å². The third kappa shape index (κ3) is 23.3. The molecule has 3 aliphatic rings. The highest BCUT2D eigenvalue weighted by Gasteiger charge is 2.33. The van der Waals surface area contributed by atoms with Gasteiger partial charge in [-0.05, 0) is 121 Å². The van der Waals surface area contributed by atoms with Crippen molar-refractivity contribution < 1.29 is 72.9 Å². The Morgan fingerprint density at radius 3 is 0.793 bits per heavy atom. The Morgan fingerprint density at radius 1 is 0.314 bits per heavy atom. The van der Waals surface area contributed by atoms with Gasteiger partial charge in [0.15, 0.2) is 23.1 Å². The Labute approximate surface area is 692 Å². The highest BCUT2D eigenvalue weighted by molar-refractivity contribution is 7.79. The molecule has 28 heteroatoms. The molecule has 27 nitrogen and oxygen atoms in total. The van der Waals surface area contributed by atoms with Gasteiger partial charge in [-0.3, -0.25) is 19.2 Å². The van der Waals surface area contributed by atoms with Gasteiger partial charge in [-0.1, -0.05) is 217 Å². The van der Waals surface area contributed by atoms with Crippen LogP contribution in [-0.2, 0) is 46.9 Å². The number of aromatic hydroxyl groups is 1. The van der Waals surface area contributed by atoms with E-state index in [0.29, 0.717) is 82.8 Å². The van der Waals surface area contributed by atoms with Gasteiger partial charge in [0.2, 0.25) is 6.29 Å². The van der Waals surface area contributed by atoms with Crippen molar-refractivity contribution in [3.63, 3.8) is 0 Å². The average molecular weight is 1650 g/mol. The van der Waals surface area contributed by atoms with Crippen molar-refractivity contribution in [3.05, 3.63) is 417 Å². The second-order valence-electron chi connectivity index (χ2n) is 28.0. The number of hydrogen-bond acceptors (Lipinski definition) is 21. The van der Waals surface area contributed by atoms with Crippen LogP contribution in [0.15, 0.2) is 338 Å². The predicted octanol–water partition coefficient (Wildman–Crippen LogP) is 7.01. The van der Waals surface area contributed by atoms with Crippen LogP contribution in [0.25, 0.3) is 0 Å². The van der Waals surface area contributed by atoms with Crippen molar-refractivity contribution in [2.45, 2.75) is 69.5 Å². The number of aliphatic hydroxyl groups is 3. The third-order valence-corrected chi connectivity index (χ3v) is 21.4. The molecule has 16 rings (SSSR count). The number of nitrogens with zero attached hydrogens (tertiary/aromatic N) is 6. The zero-order valence-corrected chi connectivity index (χ0v) is 65.9. The lowest BCUT2D eigenvalue weighted by atomic mass is 10.0. The molecule has 3 aliphatic heterocycles. The van der Waals surface area contributed by atoms with Crippen LogP contribution < -0.4 is 69.1 Å². The highest BCUT2D eigenvalue weighted by atomic mass is 31.1. The minimum Gasteiger partial charge on any atom is -0.508 e. The van der Waals surface area contributed by atoms with Crippen LogP contribution in [0, 0.1) is 0 Å². The Hall–Kier alpha value is -13.9. The van der Waals surface area contributed by atoms with E-state index in [4.69, 9.17) is 38.4 Å². The summed E-state index contributed by atoms with van der Waals surface area (Å²) in [4.78, 5) is 134. The molecule has 4 N–H and O–H groups in total. The molecule has 0 amide bonds. The lowest BCUT2D eigenvalue weighted by molar-refractivity contribution is 0.0125. The first-order valence-corrected chi connectivity index (χ1v) is 39.9. The first-order chi connectivity index (χ1) is 58.8. The summed E-state index contributed by atoms with van der Waals surface area (Å²) in [6.45, 7) is -1.69. The molecule has 5 heterocycles. The van der Waals surface area contributed by atoms with Crippen LogP contribution >= 0.6 is 7.92 Å². The number of phenolic OH excluding ortho intramolecular Hbond substituents is 1. The maximum atomic E-state index is 13.8. The number of carbonyl (C=O) groups excluding carboxylic acids is 4. The monoisotopic (exact) mass is 1650 g/mol. The van der Waals surface area contributed by atoms with E-state index in [-0.39, 0.29) is 71.4 Å². The number of aliphatic hydroxyl groups excluding tert-OH is 3. The van der Waals surface area contributed by atoms with Crippen molar-refractivity contribution in [1.82, 2.24) is 27.6 Å². The van der Waals surface area contributed by atoms with Crippen molar-refractivity contribution in [3.8, 4) is 23.0 Å². The number of ketones is 4. The number of rotatable bonds is 32. The number of aromatic nitrogens is 6. The summed E-state index contributed by atoms with van der Waals surface area (Å²) in [5, 5.41) is 46.4. The Bertz CT molecular complexity index is 5460. The minimum atomic E-state index is -1.48. The van der Waals surface area contributed by atoms with Crippen LogP contribution in [0.1, 0.15) is 63.7 Å². The molecule has 6 unspecified atom stereocenters. The summed E-state index contributed by atoms with van der Waals surface area (Å²) in [5.74, 6) is 0.406. The first kappa shape index (κ1) is 85.0. The summed E-state index contributed by atoms with van der Waals surface area (Å²) in [6, 6.07) is 92.3. The van der Waals surface area contributed by atoms with E-state index in [0.717, 1.165) is 9.13 Å². The molecular weight excluding hydrogens is 1570 g/mol. The lowest BCUT2D eigenvalue weighted by Gasteiger charge is -2.20. The maximum absolute atomic E-state index is 13.8. The van der Waals surface area contributed by atoms with Crippen molar-refractivity contribution >= 4 is 47.0 Å². The fourth-order valence-electron chi connectivity index (χ4n) is 12.4. The number of ether oxygens (including phenoxy) is 6. The predicted molar refractivity (Wildman–Crippen MR) is 451 cm³/mol. The fourth-order valence-corrected chi connectivity index (χ4v) is 14.7. The van der Waals surface area contributed by atoms with Crippen molar-refractivity contribution in [2.24, 2.45) is 0 Å². The standard InChI is InChI=1S/C51H45N3O12.C18H15P.C13H10O2.C11H13N3O7/c55-40(31-64-43-22-16-37(17-23-43)46(58)34-10-4-1-5-11-34)28-52-49(61)53(29-41(56)32-65-44-24-18-38(19-25-44)47(59)35-12-6-2-7-13-35)51(63)54(50(52)62)30-42(57)33-66-45-26-20-39(21-27-45)48(60)36-14-8-3-9-15-36;1-4-10-16(11-5-1)19(17-12-6-2-7-13-17)18-14-8-3-9-15-18;14-12-8-6-11(7-9-12)13(15)10-4-2-1-3-5-10;15-9-12(1-6-3-18-6)10(16)14(21-8-5-20-8)11(17)13(9)2-7-4-19-7/h1-27,40-42,55-57H,28-33H2;1-15H;1-9,14H;6-8H,1-5H2. The van der Waals surface area contributed by atoms with Gasteiger partial charge in [-0.2, -0.15) is 0 Å². The smallest absolute Gasteiger partial charge is 0.370 e. The quantitative estimate of drug-likeness (QED) is 0.0187. The van der Waals surface area contributed by atoms with Gasteiger partial charge in [0.25, 0.3) is 0 Å². The van der Waals surface area contributed by atoms with Crippen molar-refractivity contribution in [2.75, 3.05) is 39.6 Å². The molecule has 3 saturated heterocycles. The van der Waals surface area contributed by atoms with E-state index >= 15 is 0 Å². The molecule has 0 saturated carbocycles. The van der Waals surface area contributed by atoms with E-state index in [1.807, 2.05) is 18.2 Å². The summed E-state index contributed by atoms with van der Waals surface area (Å²) < 4.78 is 36.3. The minimum absolute atomic E-state index is 0.0319. The van der Waals surface area contributed by atoms with Gasteiger partial charge in [-0.15, -0.1) is 0 Å². The number of benzene rings is 11. The topological polar surface area (TPSA) is 356 Å². The summed E-state index contributed by atoms with van der Waals surface area (Å²) >= 11 is 0. The highest BCUT2D eigenvalue weighted by Crippen LogP contribution is 2.32. The molecule has 0 bridgehead atoms. The van der Waals surface area contributed by atoms with E-state index in [2.05, 4.69) is 91.0 Å². The Balaban J connectivity index is 0.000000181. The molecule has 3 fully saturated rings. The summed E-state index contributed by atoms with van der Waals surface area (Å²) in [7, 11) is -0.446. The second-order valence-corrected chi connectivity index (χ2v) is 30.2. The molecule has 11 aromatic carbocycles. The molecular formula is C93H83N6O21P. The second kappa shape index (κ2) is 41.0. The van der Waals surface area contributed by atoms with Gasteiger partial charge < -0.3 is 53.7 Å². The van der Waals surface area contributed by atoms with E-state index in [1.165, 1.54) is 64.4 Å². The van der Waals surface area contributed by atoms with Crippen LogP contribution in [0.5, 0.6) is 23.0 Å². The first-order valence-electron chi connectivity index (χ1n) is 38.6. The molecule has 0 aliphatic carbocycles.